The van der Waals surface area contributed by atoms with Crippen molar-refractivity contribution >= 4 is 23.3 Å². The Morgan fingerprint density at radius 1 is 0.885 bits per heavy atom. The van der Waals surface area contributed by atoms with E-state index < -0.39 is 5.97 Å². The van der Waals surface area contributed by atoms with Crippen LogP contribution in [0.4, 0.5) is 11.4 Å². The Hall–Kier alpha value is -3.22. The molecule has 138 valence electrons. The van der Waals surface area contributed by atoms with Gasteiger partial charge >= 0.3 is 5.97 Å². The van der Waals surface area contributed by atoms with Gasteiger partial charge in [-0.25, -0.2) is 4.79 Å². The third kappa shape index (κ3) is 5.14. The number of anilines is 2. The first-order chi connectivity index (χ1) is 12.6. The molecule has 0 aliphatic carbocycles. The first-order valence-corrected chi connectivity index (χ1v) is 8.01. The quantitative estimate of drug-likeness (QED) is 0.706. The molecule has 7 heteroatoms. The molecule has 0 bridgehead atoms. The fourth-order valence-electron chi connectivity index (χ4n) is 2.30. The average Bonchev–Trinajstić information content (AvgIpc) is 2.67. The Kier molecular flexibility index (Phi) is 6.84. The molecule has 0 spiro atoms. The van der Waals surface area contributed by atoms with Gasteiger partial charge in [-0.3, -0.25) is 4.79 Å². The lowest BCUT2D eigenvalue weighted by atomic mass is 10.2. The van der Waals surface area contributed by atoms with Gasteiger partial charge in [-0.1, -0.05) is 0 Å². The topological polar surface area (TPSA) is 85.9 Å². The van der Waals surface area contributed by atoms with Gasteiger partial charge in [-0.05, 0) is 36.4 Å². The maximum absolute atomic E-state index is 12.0. The highest BCUT2D eigenvalue weighted by molar-refractivity contribution is 5.93. The molecule has 7 nitrogen and oxygen atoms in total. The van der Waals surface area contributed by atoms with Crippen LogP contribution in [0.5, 0.6) is 11.5 Å². The van der Waals surface area contributed by atoms with Crippen molar-refractivity contribution < 1.29 is 23.8 Å². The van der Waals surface area contributed by atoms with E-state index in [2.05, 4.69) is 15.4 Å². The summed E-state index contributed by atoms with van der Waals surface area (Å²) in [4.78, 5) is 23.4. The Morgan fingerprint density at radius 3 is 2.15 bits per heavy atom. The van der Waals surface area contributed by atoms with Crippen LogP contribution in [0.2, 0.25) is 0 Å². The van der Waals surface area contributed by atoms with Crippen LogP contribution in [0.3, 0.4) is 0 Å². The molecule has 0 saturated carbocycles. The van der Waals surface area contributed by atoms with Gasteiger partial charge in [0.05, 0.1) is 26.9 Å². The molecular weight excluding hydrogens is 336 g/mol. The van der Waals surface area contributed by atoms with Crippen LogP contribution in [0.15, 0.2) is 42.5 Å². The third-order valence-electron chi connectivity index (χ3n) is 3.65. The summed E-state index contributed by atoms with van der Waals surface area (Å²) in [6.07, 6.45) is 0.285. The molecule has 0 heterocycles. The summed E-state index contributed by atoms with van der Waals surface area (Å²) < 4.78 is 15.1. The predicted octanol–water partition coefficient (Wildman–Crippen LogP) is 2.93. The van der Waals surface area contributed by atoms with Crippen LogP contribution in [0.25, 0.3) is 0 Å². The summed E-state index contributed by atoms with van der Waals surface area (Å²) in [6.45, 7) is 0.460. The molecule has 0 atom stereocenters. The highest BCUT2D eigenvalue weighted by Gasteiger charge is 2.07. The summed E-state index contributed by atoms with van der Waals surface area (Å²) in [6, 6.07) is 12.0. The van der Waals surface area contributed by atoms with Gasteiger partial charge in [0, 0.05) is 30.4 Å². The van der Waals surface area contributed by atoms with E-state index in [1.54, 1.807) is 44.6 Å². The number of ether oxygens (including phenoxy) is 3. The zero-order chi connectivity index (χ0) is 18.9. The molecule has 0 aliphatic heterocycles. The second-order valence-corrected chi connectivity index (χ2v) is 5.36. The molecule has 0 aromatic heterocycles. The fraction of sp³-hybridized carbons (Fsp3) is 0.263. The minimum Gasteiger partial charge on any atom is -0.493 e. The Morgan fingerprint density at radius 2 is 1.54 bits per heavy atom. The van der Waals surface area contributed by atoms with Crippen molar-refractivity contribution in [2.24, 2.45) is 0 Å². The minimum atomic E-state index is -0.415. The molecule has 1 amide bonds. The van der Waals surface area contributed by atoms with Crippen LogP contribution in [0, 0.1) is 0 Å². The molecule has 26 heavy (non-hydrogen) atoms. The van der Waals surface area contributed by atoms with Gasteiger partial charge in [-0.15, -0.1) is 0 Å². The van der Waals surface area contributed by atoms with Crippen molar-refractivity contribution in [2.75, 3.05) is 38.5 Å². The van der Waals surface area contributed by atoms with Crippen molar-refractivity contribution in [3.63, 3.8) is 0 Å². The molecule has 0 radical (unpaired) electrons. The second kappa shape index (κ2) is 9.31. The van der Waals surface area contributed by atoms with Crippen molar-refractivity contribution in [3.8, 4) is 11.5 Å². The van der Waals surface area contributed by atoms with Gasteiger partial charge in [0.25, 0.3) is 0 Å². The zero-order valence-electron chi connectivity index (χ0n) is 15.0. The fourth-order valence-corrected chi connectivity index (χ4v) is 2.30. The number of hydrogen-bond donors (Lipinski definition) is 2. The van der Waals surface area contributed by atoms with Gasteiger partial charge < -0.3 is 24.8 Å². The van der Waals surface area contributed by atoms with Gasteiger partial charge in [-0.2, -0.15) is 0 Å². The molecular formula is C19H22N2O5. The van der Waals surface area contributed by atoms with Crippen LogP contribution >= 0.6 is 0 Å². The lowest BCUT2D eigenvalue weighted by Crippen LogP contribution is -2.16. The van der Waals surface area contributed by atoms with E-state index in [1.807, 2.05) is 12.1 Å². The van der Waals surface area contributed by atoms with E-state index in [1.165, 1.54) is 7.11 Å². The lowest BCUT2D eigenvalue weighted by Gasteiger charge is -2.11. The summed E-state index contributed by atoms with van der Waals surface area (Å²) in [5.41, 5.74) is 1.88. The maximum Gasteiger partial charge on any atom is 0.337 e. The van der Waals surface area contributed by atoms with E-state index >= 15 is 0 Å². The Balaban J connectivity index is 1.82. The number of hydrogen-bond acceptors (Lipinski definition) is 6. The largest absolute Gasteiger partial charge is 0.493 e. The molecule has 2 rings (SSSR count). The molecule has 2 aromatic carbocycles. The first kappa shape index (κ1) is 19.1. The summed E-state index contributed by atoms with van der Waals surface area (Å²) in [5, 5.41) is 5.94. The monoisotopic (exact) mass is 358 g/mol. The lowest BCUT2D eigenvalue weighted by molar-refractivity contribution is -0.115. The predicted molar refractivity (Wildman–Crippen MR) is 99.1 cm³/mol. The van der Waals surface area contributed by atoms with Crippen LogP contribution in [-0.4, -0.2) is 39.8 Å². The normalized spacial score (nSPS) is 9.96. The van der Waals surface area contributed by atoms with Gasteiger partial charge in [0.1, 0.15) is 0 Å². The number of benzene rings is 2. The second-order valence-electron chi connectivity index (χ2n) is 5.36. The molecule has 0 unspecified atom stereocenters. The SMILES string of the molecule is COC(=O)c1ccc(NC(=O)CCNc2ccc(OC)c(OC)c2)cc1. The zero-order valence-corrected chi connectivity index (χ0v) is 15.0. The average molecular weight is 358 g/mol. The number of amides is 1. The van der Waals surface area contributed by atoms with Crippen LogP contribution in [-0.2, 0) is 9.53 Å². The van der Waals surface area contributed by atoms with E-state index in [-0.39, 0.29) is 12.3 Å². The van der Waals surface area contributed by atoms with Crippen molar-refractivity contribution in [1.82, 2.24) is 0 Å². The van der Waals surface area contributed by atoms with Crippen molar-refractivity contribution in [2.45, 2.75) is 6.42 Å². The number of carbonyl (C=O) groups excluding carboxylic acids is 2. The Labute approximate surface area is 152 Å². The highest BCUT2D eigenvalue weighted by atomic mass is 16.5. The molecule has 0 fully saturated rings. The molecule has 0 saturated heterocycles. The number of rotatable bonds is 8. The molecule has 2 N–H and O–H groups in total. The minimum absolute atomic E-state index is 0.135. The van der Waals surface area contributed by atoms with Gasteiger partial charge in [0.15, 0.2) is 11.5 Å². The number of methoxy groups -OCH3 is 3. The summed E-state index contributed by atoms with van der Waals surface area (Å²) in [5.74, 6) is 0.713. The van der Waals surface area contributed by atoms with E-state index in [0.717, 1.165) is 5.69 Å². The highest BCUT2D eigenvalue weighted by Crippen LogP contribution is 2.29. The smallest absolute Gasteiger partial charge is 0.337 e. The van der Waals surface area contributed by atoms with Crippen LogP contribution in [0.1, 0.15) is 16.8 Å². The maximum atomic E-state index is 12.0. The van der Waals surface area contributed by atoms with Crippen molar-refractivity contribution in [3.05, 3.63) is 48.0 Å². The standard InChI is InChI=1S/C19H22N2O5/c1-24-16-9-8-15(12-17(16)25-2)20-11-10-18(22)21-14-6-4-13(5-7-14)19(23)26-3/h4-9,12,20H,10-11H2,1-3H3,(H,21,22). The molecule has 0 aliphatic rings. The summed E-state index contributed by atoms with van der Waals surface area (Å²) in [7, 11) is 4.47. The third-order valence-corrected chi connectivity index (χ3v) is 3.65. The van der Waals surface area contributed by atoms with E-state index in [9.17, 15) is 9.59 Å². The van der Waals surface area contributed by atoms with Crippen LogP contribution < -0.4 is 20.1 Å². The number of carbonyl (C=O) groups is 2. The Bertz CT molecular complexity index is 759. The number of esters is 1. The van der Waals surface area contributed by atoms with Crippen molar-refractivity contribution in [1.29, 1.82) is 0 Å². The summed E-state index contributed by atoms with van der Waals surface area (Å²) >= 11 is 0. The first-order valence-electron chi connectivity index (χ1n) is 8.01. The van der Waals surface area contributed by atoms with E-state index in [0.29, 0.717) is 29.3 Å². The molecule has 2 aromatic rings. The van der Waals surface area contributed by atoms with E-state index in [4.69, 9.17) is 9.47 Å². The number of nitrogens with one attached hydrogen (secondary N) is 2. The van der Waals surface area contributed by atoms with Gasteiger partial charge in [0.2, 0.25) is 5.91 Å².